The van der Waals surface area contributed by atoms with Crippen molar-refractivity contribution in [3.8, 4) is 17.1 Å². The minimum atomic E-state index is -0.239. The van der Waals surface area contributed by atoms with Gasteiger partial charge in [0, 0.05) is 7.11 Å². The summed E-state index contributed by atoms with van der Waals surface area (Å²) in [6, 6.07) is 13.5. The van der Waals surface area contributed by atoms with E-state index in [0.29, 0.717) is 57.9 Å². The van der Waals surface area contributed by atoms with Gasteiger partial charge < -0.3 is 18.9 Å². The molecule has 0 unspecified atom stereocenters. The van der Waals surface area contributed by atoms with Crippen LogP contribution in [-0.2, 0) is 18.9 Å². The number of hydrogen-bond acceptors (Lipinski definition) is 10. The number of carbonyl (C=O) groups excluding carboxylic acids is 1. The molecule has 0 amide bonds. The molecule has 0 bridgehead atoms. The molecule has 3 aromatic heterocycles. The van der Waals surface area contributed by atoms with Gasteiger partial charge in [0.05, 0.1) is 33.0 Å². The van der Waals surface area contributed by atoms with E-state index in [2.05, 4.69) is 20.3 Å². The fraction of sp³-hybridized carbons (Fsp3) is 0.333. The Morgan fingerprint density at radius 1 is 0.921 bits per heavy atom. The normalized spacial score (nSPS) is 11.0. The van der Waals surface area contributed by atoms with Crippen LogP contribution in [0.3, 0.4) is 0 Å². The van der Waals surface area contributed by atoms with E-state index >= 15 is 0 Å². The van der Waals surface area contributed by atoms with E-state index in [0.717, 1.165) is 31.0 Å². The molecule has 0 aliphatic rings. The van der Waals surface area contributed by atoms with E-state index in [1.807, 2.05) is 43.3 Å². The summed E-state index contributed by atoms with van der Waals surface area (Å²) < 4.78 is 28.4. The molecular weight excluding hydrogens is 555 g/mol. The number of esters is 1. The SMILES string of the molecule is CCOC(=O)c1cc2cc(Nc3cc(-c4ccc(OCCOCCOCCOC)nc4)ncn3)ccc2[se]1. The van der Waals surface area contributed by atoms with Gasteiger partial charge in [-0.25, -0.2) is 0 Å². The van der Waals surface area contributed by atoms with Crippen LogP contribution in [0.4, 0.5) is 11.5 Å². The van der Waals surface area contributed by atoms with Gasteiger partial charge in [-0.1, -0.05) is 0 Å². The first-order valence-electron chi connectivity index (χ1n) is 12.2. The van der Waals surface area contributed by atoms with Crippen LogP contribution in [0.25, 0.3) is 20.9 Å². The summed E-state index contributed by atoms with van der Waals surface area (Å²) in [5.41, 5.74) is 2.44. The molecule has 0 radical (unpaired) electrons. The zero-order valence-corrected chi connectivity index (χ0v) is 23.1. The van der Waals surface area contributed by atoms with Crippen LogP contribution in [0.1, 0.15) is 16.2 Å². The predicted octanol–water partition coefficient (Wildman–Crippen LogP) is 3.73. The molecule has 11 heteroatoms. The van der Waals surface area contributed by atoms with E-state index in [1.165, 1.54) is 6.33 Å². The van der Waals surface area contributed by atoms with Gasteiger partial charge in [0.25, 0.3) is 0 Å². The van der Waals surface area contributed by atoms with Crippen LogP contribution in [0.15, 0.2) is 55.0 Å². The fourth-order valence-electron chi connectivity index (χ4n) is 3.44. The second kappa shape index (κ2) is 14.6. The number of fused-ring (bicyclic) bond motifs is 1. The van der Waals surface area contributed by atoms with Crippen molar-refractivity contribution in [1.82, 2.24) is 15.0 Å². The molecule has 0 saturated heterocycles. The number of carbonyl (C=O) groups is 1. The molecule has 0 fully saturated rings. The van der Waals surface area contributed by atoms with Crippen LogP contribution in [-0.4, -0.2) is 88.8 Å². The van der Waals surface area contributed by atoms with Gasteiger partial charge in [-0.3, -0.25) is 0 Å². The average molecular weight is 586 g/mol. The van der Waals surface area contributed by atoms with E-state index < -0.39 is 0 Å². The Bertz CT molecular complexity index is 1310. The molecule has 200 valence electrons. The number of hydrogen-bond donors (Lipinski definition) is 1. The van der Waals surface area contributed by atoms with Crippen molar-refractivity contribution in [2.24, 2.45) is 0 Å². The predicted molar refractivity (Wildman–Crippen MR) is 144 cm³/mol. The summed E-state index contributed by atoms with van der Waals surface area (Å²) in [5, 5.41) is 4.34. The molecule has 0 atom stereocenters. The molecule has 0 aliphatic heterocycles. The Kier molecular flexibility index (Phi) is 10.6. The third-order valence-corrected chi connectivity index (χ3v) is 7.55. The number of nitrogens with one attached hydrogen (secondary N) is 1. The Labute approximate surface area is 227 Å². The van der Waals surface area contributed by atoms with Crippen LogP contribution in [0.2, 0.25) is 0 Å². The number of benzene rings is 1. The molecule has 1 aromatic carbocycles. The molecular formula is C27H30N4O6Se. The second-order valence-electron chi connectivity index (χ2n) is 7.95. The first-order chi connectivity index (χ1) is 18.7. The summed E-state index contributed by atoms with van der Waals surface area (Å²) >= 11 is -0.0445. The Balaban J connectivity index is 1.29. The monoisotopic (exact) mass is 586 g/mol. The van der Waals surface area contributed by atoms with Gasteiger partial charge >= 0.3 is 162 Å². The summed E-state index contributed by atoms with van der Waals surface area (Å²) in [6.07, 6.45) is 3.22. The van der Waals surface area contributed by atoms with E-state index in [9.17, 15) is 4.79 Å². The minimum absolute atomic E-state index is 0.0445. The van der Waals surface area contributed by atoms with Gasteiger partial charge in [-0.05, 0) is 0 Å². The first-order valence-corrected chi connectivity index (χ1v) is 13.9. The Morgan fingerprint density at radius 3 is 2.50 bits per heavy atom. The molecule has 0 saturated carbocycles. The number of nitrogens with zero attached hydrogens (tertiary/aromatic N) is 3. The molecule has 3 heterocycles. The quantitative estimate of drug-likeness (QED) is 0.126. The number of pyridine rings is 1. The summed E-state index contributed by atoms with van der Waals surface area (Å²) in [4.78, 5) is 25.2. The van der Waals surface area contributed by atoms with Gasteiger partial charge in [-0.2, -0.15) is 0 Å². The average Bonchev–Trinajstić information content (AvgIpc) is 3.37. The summed E-state index contributed by atoms with van der Waals surface area (Å²) in [7, 11) is 1.64. The van der Waals surface area contributed by atoms with Gasteiger partial charge in [0.1, 0.15) is 6.61 Å². The molecule has 4 aromatic rings. The van der Waals surface area contributed by atoms with Crippen LogP contribution >= 0.6 is 0 Å². The topological polar surface area (TPSA) is 114 Å². The van der Waals surface area contributed by atoms with Crippen molar-refractivity contribution in [1.29, 1.82) is 0 Å². The molecule has 0 aliphatic carbocycles. The van der Waals surface area contributed by atoms with Crippen molar-refractivity contribution in [2.45, 2.75) is 6.92 Å². The first kappa shape index (κ1) is 27.7. The van der Waals surface area contributed by atoms with E-state index in [-0.39, 0.29) is 20.5 Å². The second-order valence-corrected chi connectivity index (χ2v) is 10.2. The number of rotatable bonds is 15. The van der Waals surface area contributed by atoms with Crippen molar-refractivity contribution in [2.75, 3.05) is 58.7 Å². The Hall–Kier alpha value is -3.34. The van der Waals surface area contributed by atoms with Crippen molar-refractivity contribution in [3.05, 3.63) is 59.4 Å². The zero-order chi connectivity index (χ0) is 26.6. The van der Waals surface area contributed by atoms with Crippen LogP contribution in [0.5, 0.6) is 5.88 Å². The van der Waals surface area contributed by atoms with Gasteiger partial charge in [-0.15, -0.1) is 0 Å². The third-order valence-electron chi connectivity index (χ3n) is 5.25. The van der Waals surface area contributed by atoms with E-state index in [4.69, 9.17) is 23.7 Å². The van der Waals surface area contributed by atoms with Crippen molar-refractivity contribution >= 4 is 41.6 Å². The number of ether oxygens (including phenoxy) is 5. The number of methoxy groups -OCH3 is 1. The standard InChI is InChI=1S/C27H30N4O6Se/c1-3-36-27(32)24-15-20-14-21(5-6-23(20)38-24)31-25-16-22(29-18-30-25)19-4-7-26(28-17-19)37-13-12-35-11-10-34-9-8-33-2/h4-7,14-18H,3,8-13H2,1-2H3,(H,29,30,31). The molecule has 4 rings (SSSR count). The zero-order valence-electron chi connectivity index (χ0n) is 21.3. The third kappa shape index (κ3) is 8.08. The fourth-order valence-corrected chi connectivity index (χ4v) is 5.41. The molecule has 38 heavy (non-hydrogen) atoms. The van der Waals surface area contributed by atoms with Gasteiger partial charge in [0.15, 0.2) is 0 Å². The maximum absolute atomic E-state index is 12.1. The van der Waals surface area contributed by atoms with Crippen molar-refractivity contribution in [3.63, 3.8) is 0 Å². The number of anilines is 2. The number of aromatic nitrogens is 3. The van der Waals surface area contributed by atoms with Gasteiger partial charge in [0.2, 0.25) is 0 Å². The molecule has 0 spiro atoms. The molecule has 1 N–H and O–H groups in total. The summed E-state index contributed by atoms with van der Waals surface area (Å²) in [5.74, 6) is 0.921. The molecule has 10 nitrogen and oxygen atoms in total. The summed E-state index contributed by atoms with van der Waals surface area (Å²) in [6.45, 7) is 5.18. The van der Waals surface area contributed by atoms with Crippen molar-refractivity contribution < 1.29 is 28.5 Å². The van der Waals surface area contributed by atoms with Crippen LogP contribution < -0.4 is 10.1 Å². The van der Waals surface area contributed by atoms with Crippen LogP contribution in [0, 0.1) is 0 Å². The Morgan fingerprint density at radius 2 is 1.74 bits per heavy atom. The maximum atomic E-state index is 12.1. The van der Waals surface area contributed by atoms with E-state index in [1.54, 1.807) is 19.4 Å².